The zero-order valence-corrected chi connectivity index (χ0v) is 29.5. The Morgan fingerprint density at radius 2 is 1.70 bits per heavy atom. The topological polar surface area (TPSA) is 69.2 Å². The summed E-state index contributed by atoms with van der Waals surface area (Å²) in [6.45, 7) is 20.4. The molecule has 0 radical (unpaired) electrons. The summed E-state index contributed by atoms with van der Waals surface area (Å²) < 4.78 is 0. The van der Waals surface area contributed by atoms with Crippen molar-refractivity contribution in [2.24, 2.45) is 56.7 Å². The molecule has 5 heteroatoms. The first kappa shape index (κ1) is 31.1. The maximum absolute atomic E-state index is 15.3. The number of amides is 1. The highest BCUT2D eigenvalue weighted by atomic mass is 16.3. The molecule has 46 heavy (non-hydrogen) atoms. The molecule has 1 aromatic carbocycles. The smallest absolute Gasteiger partial charge is 0.229 e. The minimum atomic E-state index is -0.288. The van der Waals surface area contributed by atoms with Crippen LogP contribution in [-0.4, -0.2) is 38.5 Å². The number of H-pyrrole nitrogens is 1. The average Bonchev–Trinajstić information content (AvgIpc) is 3.76. The van der Waals surface area contributed by atoms with E-state index in [0.29, 0.717) is 35.5 Å². The molecule has 5 nitrogen and oxygen atoms in total. The number of nitrogens with one attached hydrogen (secondary N) is 1. The first-order valence-corrected chi connectivity index (χ1v) is 18.9. The van der Waals surface area contributed by atoms with Gasteiger partial charge >= 0.3 is 0 Å². The van der Waals surface area contributed by atoms with E-state index in [-0.39, 0.29) is 39.2 Å². The molecular weight excluding hydrogens is 566 g/mol. The van der Waals surface area contributed by atoms with E-state index in [9.17, 15) is 5.11 Å². The van der Waals surface area contributed by atoms with E-state index >= 15 is 4.79 Å². The van der Waals surface area contributed by atoms with E-state index < -0.39 is 0 Å². The lowest BCUT2D eigenvalue weighted by Gasteiger charge is -2.73. The van der Waals surface area contributed by atoms with E-state index in [4.69, 9.17) is 4.98 Å². The standard InChI is InChI=1S/C41H59N3O2/c1-25(2)26-16-21-41(36(46)44-24-10-13-30(44)35-42-28-11-8-9-12-29(28)43-35)23-22-39(6)27(34(26)41)14-15-32-38(5)19-18-33(45)37(3,4)31(38)17-20-40(32,39)7/h8-9,11-12,26-27,30-34,45H,1,10,13-24H2,2-7H3,(H,42,43)/t26-,27?,30-,31-,32+,33-,34+,38-,39+,40+,41-/m0/s1. The van der Waals surface area contributed by atoms with Gasteiger partial charge in [-0.3, -0.25) is 4.79 Å². The first-order valence-electron chi connectivity index (χ1n) is 18.9. The van der Waals surface area contributed by atoms with Gasteiger partial charge in [-0.2, -0.15) is 0 Å². The minimum absolute atomic E-state index is 0.0250. The third-order valence-electron chi connectivity index (χ3n) is 16.7. The fourth-order valence-electron chi connectivity index (χ4n) is 14.2. The van der Waals surface area contributed by atoms with Crippen molar-refractivity contribution in [3.63, 3.8) is 0 Å². The number of aliphatic hydroxyl groups excluding tert-OH is 1. The number of aromatic nitrogens is 2. The van der Waals surface area contributed by atoms with Gasteiger partial charge in [0.25, 0.3) is 0 Å². The Hall–Kier alpha value is -2.14. The Morgan fingerprint density at radius 3 is 2.46 bits per heavy atom. The highest BCUT2D eigenvalue weighted by Crippen LogP contribution is 2.77. The minimum Gasteiger partial charge on any atom is -0.393 e. The number of imidazole rings is 1. The van der Waals surface area contributed by atoms with Gasteiger partial charge in [0.05, 0.1) is 28.6 Å². The van der Waals surface area contributed by atoms with Crippen molar-refractivity contribution < 1.29 is 9.90 Å². The van der Waals surface area contributed by atoms with Gasteiger partial charge in [0.1, 0.15) is 5.82 Å². The summed E-state index contributed by atoms with van der Waals surface area (Å²) in [5, 5.41) is 11.1. The van der Waals surface area contributed by atoms with Gasteiger partial charge in [-0.05, 0) is 147 Å². The average molecular weight is 626 g/mol. The Labute approximate surface area is 277 Å². The quantitative estimate of drug-likeness (QED) is 0.334. The predicted molar refractivity (Wildman–Crippen MR) is 185 cm³/mol. The number of hydrogen-bond acceptors (Lipinski definition) is 3. The summed E-state index contributed by atoms with van der Waals surface area (Å²) in [6, 6.07) is 8.31. The van der Waals surface area contributed by atoms with Crippen LogP contribution in [0.25, 0.3) is 11.0 Å². The maximum atomic E-state index is 15.3. The number of carbonyl (C=O) groups excluding carboxylic acids is 1. The Bertz CT molecular complexity index is 1530. The number of aromatic amines is 1. The molecule has 2 heterocycles. The Morgan fingerprint density at radius 1 is 0.913 bits per heavy atom. The summed E-state index contributed by atoms with van der Waals surface area (Å²) >= 11 is 0. The summed E-state index contributed by atoms with van der Waals surface area (Å²) in [5.41, 5.74) is 3.77. The van der Waals surface area contributed by atoms with E-state index in [2.05, 4.69) is 76.2 Å². The van der Waals surface area contributed by atoms with Crippen molar-refractivity contribution >= 4 is 16.9 Å². The van der Waals surface area contributed by atoms with Crippen LogP contribution < -0.4 is 0 Å². The number of likely N-dealkylation sites (tertiary alicyclic amines) is 1. The zero-order valence-electron chi connectivity index (χ0n) is 29.5. The lowest BCUT2D eigenvalue weighted by atomic mass is 9.32. The van der Waals surface area contributed by atoms with Crippen LogP contribution in [0.2, 0.25) is 0 Å². The van der Waals surface area contributed by atoms with Gasteiger partial charge in [-0.1, -0.05) is 58.9 Å². The number of rotatable bonds is 3. The number of fused-ring (bicyclic) bond motifs is 8. The highest BCUT2D eigenvalue weighted by molar-refractivity contribution is 5.85. The lowest BCUT2D eigenvalue weighted by Crippen LogP contribution is -2.67. The monoisotopic (exact) mass is 625 g/mol. The normalized spacial score (nSPS) is 46.3. The predicted octanol–water partition coefficient (Wildman–Crippen LogP) is 9.24. The van der Waals surface area contributed by atoms with Crippen LogP contribution in [0.5, 0.6) is 0 Å². The summed E-state index contributed by atoms with van der Waals surface area (Å²) in [6.07, 6.45) is 13.2. The van der Waals surface area contributed by atoms with Crippen LogP contribution in [-0.2, 0) is 4.79 Å². The molecule has 0 spiro atoms. The highest BCUT2D eigenvalue weighted by Gasteiger charge is 2.72. The van der Waals surface area contributed by atoms with E-state index in [1.807, 2.05) is 6.07 Å². The van der Waals surface area contributed by atoms with Crippen LogP contribution in [0.3, 0.4) is 0 Å². The Balaban J connectivity index is 1.15. The van der Waals surface area contributed by atoms with Crippen molar-refractivity contribution in [2.45, 2.75) is 131 Å². The third-order valence-corrected chi connectivity index (χ3v) is 16.7. The Kier molecular flexibility index (Phi) is 6.90. The van der Waals surface area contributed by atoms with Gasteiger partial charge in [0.2, 0.25) is 5.91 Å². The van der Waals surface area contributed by atoms with Crippen molar-refractivity contribution in [3.05, 3.63) is 42.2 Å². The molecule has 5 aliphatic carbocycles. The van der Waals surface area contributed by atoms with Crippen molar-refractivity contribution in [3.8, 4) is 0 Å². The lowest BCUT2D eigenvalue weighted by molar-refractivity contribution is -0.247. The van der Waals surface area contributed by atoms with Gasteiger partial charge < -0.3 is 15.0 Å². The number of aliphatic hydroxyl groups is 1. The fourth-order valence-corrected chi connectivity index (χ4v) is 14.2. The van der Waals surface area contributed by atoms with Crippen LogP contribution in [0.1, 0.15) is 130 Å². The molecule has 0 bridgehead atoms. The number of allylic oxidation sites excluding steroid dienone is 1. The van der Waals surface area contributed by atoms with Crippen molar-refractivity contribution in [2.75, 3.05) is 6.54 Å². The van der Waals surface area contributed by atoms with Gasteiger partial charge in [-0.25, -0.2) is 4.98 Å². The van der Waals surface area contributed by atoms with Gasteiger partial charge in [0, 0.05) is 6.54 Å². The van der Waals surface area contributed by atoms with Gasteiger partial charge in [0.15, 0.2) is 0 Å². The van der Waals surface area contributed by atoms with Crippen LogP contribution in [0, 0.1) is 56.7 Å². The first-order chi connectivity index (χ1) is 21.8. The van der Waals surface area contributed by atoms with Crippen molar-refractivity contribution in [1.82, 2.24) is 14.9 Å². The van der Waals surface area contributed by atoms with E-state index in [0.717, 1.165) is 74.8 Å². The molecule has 1 amide bonds. The van der Waals surface area contributed by atoms with Crippen molar-refractivity contribution in [1.29, 1.82) is 0 Å². The van der Waals surface area contributed by atoms with Crippen LogP contribution >= 0.6 is 0 Å². The summed E-state index contributed by atoms with van der Waals surface area (Å²) in [5.74, 6) is 4.00. The summed E-state index contributed by atoms with van der Waals surface area (Å²) in [7, 11) is 0. The number of nitrogens with zero attached hydrogens (tertiary/aromatic N) is 2. The molecule has 1 unspecified atom stereocenters. The molecule has 6 fully saturated rings. The third kappa shape index (κ3) is 3.90. The zero-order chi connectivity index (χ0) is 32.4. The molecule has 1 aromatic heterocycles. The number of benzene rings is 1. The molecule has 1 saturated heterocycles. The van der Waals surface area contributed by atoms with Crippen LogP contribution in [0.15, 0.2) is 36.4 Å². The molecule has 6 aliphatic rings. The number of para-hydroxylation sites is 2. The number of carbonyl (C=O) groups is 1. The van der Waals surface area contributed by atoms with E-state index in [1.54, 1.807) is 0 Å². The second-order valence-corrected chi connectivity index (χ2v) is 18.5. The van der Waals surface area contributed by atoms with Crippen LogP contribution in [0.4, 0.5) is 0 Å². The molecular formula is C41H59N3O2. The molecule has 11 atom stereocenters. The molecule has 8 rings (SSSR count). The molecule has 2 N–H and O–H groups in total. The second kappa shape index (κ2) is 10.2. The second-order valence-electron chi connectivity index (χ2n) is 18.5. The summed E-state index contributed by atoms with van der Waals surface area (Å²) in [4.78, 5) is 26.2. The number of hydrogen-bond donors (Lipinski definition) is 2. The molecule has 1 aliphatic heterocycles. The van der Waals surface area contributed by atoms with Gasteiger partial charge in [-0.15, -0.1) is 0 Å². The molecule has 2 aromatic rings. The molecule has 250 valence electrons. The fraction of sp³-hybridized carbons (Fsp3) is 0.756. The van der Waals surface area contributed by atoms with E-state index in [1.165, 1.54) is 31.3 Å². The largest absolute Gasteiger partial charge is 0.393 e. The molecule has 5 saturated carbocycles. The maximum Gasteiger partial charge on any atom is 0.229 e. The SMILES string of the molecule is C=C(C)[C@@H]1CC[C@]2(C(=O)N3CCC[C@H]3c3nc4ccccc4[nH]3)CC[C@]3(C)C(CC[C@@H]4[C@@]5(C)CC[C@H](O)C(C)(C)[C@@H]5CC[C@]43C)[C@@H]12.